The maximum Gasteiger partial charge on any atom is 0.0928 e. The monoisotopic (exact) mass is 251 g/mol. The fourth-order valence-electron chi connectivity index (χ4n) is 1.60. The molecule has 0 aliphatic heterocycles. The summed E-state index contributed by atoms with van der Waals surface area (Å²) in [5.41, 5.74) is 2.29. The average molecular weight is 252 g/mol. The second kappa shape index (κ2) is 5.46. The number of rotatable bonds is 4. The molecular formula is C13H14ClNS. The standard InChI is InChI=1S/C13H14ClNS/c1-10-9-16-13(15-10)8-7-12(14)11-5-3-2-4-6-11/h2-6,9,12H,7-8H2,1H3. The highest BCUT2D eigenvalue weighted by Crippen LogP contribution is 2.26. The molecule has 1 atom stereocenters. The summed E-state index contributed by atoms with van der Waals surface area (Å²) in [5.74, 6) is 0. The predicted molar refractivity (Wildman–Crippen MR) is 70.2 cm³/mol. The van der Waals surface area contributed by atoms with E-state index in [0.29, 0.717) is 0 Å². The summed E-state index contributed by atoms with van der Waals surface area (Å²) >= 11 is 8.06. The molecule has 84 valence electrons. The summed E-state index contributed by atoms with van der Waals surface area (Å²) in [6.07, 6.45) is 1.90. The summed E-state index contributed by atoms with van der Waals surface area (Å²) in [7, 11) is 0. The number of nitrogens with zero attached hydrogens (tertiary/aromatic N) is 1. The topological polar surface area (TPSA) is 12.9 Å². The molecule has 0 saturated heterocycles. The first-order valence-electron chi connectivity index (χ1n) is 5.36. The predicted octanol–water partition coefficient (Wildman–Crippen LogP) is 4.36. The van der Waals surface area contributed by atoms with E-state index in [0.717, 1.165) is 18.5 Å². The van der Waals surface area contributed by atoms with Crippen LogP contribution in [0.25, 0.3) is 0 Å². The molecule has 1 nitrogen and oxygen atoms in total. The van der Waals surface area contributed by atoms with E-state index in [1.54, 1.807) is 11.3 Å². The molecule has 16 heavy (non-hydrogen) atoms. The van der Waals surface area contributed by atoms with E-state index in [-0.39, 0.29) is 5.38 Å². The van der Waals surface area contributed by atoms with Crippen LogP contribution in [0.2, 0.25) is 0 Å². The van der Waals surface area contributed by atoms with Gasteiger partial charge in [-0.2, -0.15) is 0 Å². The first-order chi connectivity index (χ1) is 7.75. The van der Waals surface area contributed by atoms with Crippen molar-refractivity contribution >= 4 is 22.9 Å². The summed E-state index contributed by atoms with van der Waals surface area (Å²) in [4.78, 5) is 4.44. The number of aromatic nitrogens is 1. The van der Waals surface area contributed by atoms with Gasteiger partial charge in [-0.3, -0.25) is 0 Å². The van der Waals surface area contributed by atoms with Crippen molar-refractivity contribution < 1.29 is 0 Å². The van der Waals surface area contributed by atoms with Gasteiger partial charge < -0.3 is 0 Å². The Bertz CT molecular complexity index is 438. The van der Waals surface area contributed by atoms with Gasteiger partial charge in [-0.05, 0) is 18.9 Å². The normalized spacial score (nSPS) is 12.6. The number of hydrogen-bond donors (Lipinski definition) is 0. The van der Waals surface area contributed by atoms with Gasteiger partial charge in [-0.1, -0.05) is 30.3 Å². The van der Waals surface area contributed by atoms with E-state index in [1.807, 2.05) is 25.1 Å². The molecule has 2 aromatic rings. The summed E-state index contributed by atoms with van der Waals surface area (Å²) < 4.78 is 0. The molecule has 0 aliphatic carbocycles. The molecule has 1 heterocycles. The fourth-order valence-corrected chi connectivity index (χ4v) is 2.64. The molecule has 0 bridgehead atoms. The largest absolute Gasteiger partial charge is 0.247 e. The Morgan fingerprint density at radius 3 is 2.69 bits per heavy atom. The molecule has 0 radical (unpaired) electrons. The van der Waals surface area contributed by atoms with Crippen LogP contribution in [0.15, 0.2) is 35.7 Å². The van der Waals surface area contributed by atoms with Crippen LogP contribution in [0.1, 0.15) is 28.1 Å². The Morgan fingerprint density at radius 2 is 2.06 bits per heavy atom. The Balaban J connectivity index is 1.91. The fraction of sp³-hybridized carbons (Fsp3) is 0.308. The average Bonchev–Trinajstić information content (AvgIpc) is 2.73. The van der Waals surface area contributed by atoms with Gasteiger partial charge in [0.05, 0.1) is 10.4 Å². The van der Waals surface area contributed by atoms with E-state index in [4.69, 9.17) is 11.6 Å². The highest BCUT2D eigenvalue weighted by molar-refractivity contribution is 7.09. The van der Waals surface area contributed by atoms with Crippen LogP contribution in [-0.4, -0.2) is 4.98 Å². The van der Waals surface area contributed by atoms with Crippen LogP contribution in [-0.2, 0) is 6.42 Å². The highest BCUT2D eigenvalue weighted by Gasteiger charge is 2.08. The van der Waals surface area contributed by atoms with E-state index in [2.05, 4.69) is 22.5 Å². The number of benzene rings is 1. The van der Waals surface area contributed by atoms with Gasteiger partial charge in [-0.25, -0.2) is 4.98 Å². The minimum atomic E-state index is 0.0883. The van der Waals surface area contributed by atoms with E-state index >= 15 is 0 Å². The van der Waals surface area contributed by atoms with Gasteiger partial charge in [0.15, 0.2) is 0 Å². The summed E-state index contributed by atoms with van der Waals surface area (Å²) in [5, 5.41) is 3.35. The van der Waals surface area contributed by atoms with Crippen molar-refractivity contribution in [2.45, 2.75) is 25.1 Å². The van der Waals surface area contributed by atoms with Crippen molar-refractivity contribution in [2.75, 3.05) is 0 Å². The van der Waals surface area contributed by atoms with Crippen molar-refractivity contribution in [1.82, 2.24) is 4.98 Å². The smallest absolute Gasteiger partial charge is 0.0928 e. The maximum absolute atomic E-state index is 6.34. The molecule has 0 spiro atoms. The lowest BCUT2D eigenvalue weighted by molar-refractivity contribution is 0.787. The third-order valence-corrected chi connectivity index (χ3v) is 3.94. The molecular weight excluding hydrogens is 238 g/mol. The van der Waals surface area contributed by atoms with Gasteiger partial charge in [0.1, 0.15) is 0 Å². The van der Waals surface area contributed by atoms with Crippen molar-refractivity contribution in [2.24, 2.45) is 0 Å². The van der Waals surface area contributed by atoms with Crippen molar-refractivity contribution in [1.29, 1.82) is 0 Å². The van der Waals surface area contributed by atoms with E-state index in [9.17, 15) is 0 Å². The van der Waals surface area contributed by atoms with Gasteiger partial charge in [0, 0.05) is 17.5 Å². The Kier molecular flexibility index (Phi) is 3.97. The van der Waals surface area contributed by atoms with E-state index in [1.165, 1.54) is 10.6 Å². The molecule has 1 aromatic carbocycles. The number of halogens is 1. The van der Waals surface area contributed by atoms with Crippen LogP contribution in [0, 0.1) is 6.92 Å². The SMILES string of the molecule is Cc1csc(CCC(Cl)c2ccccc2)n1. The number of aryl methyl sites for hydroxylation is 2. The Labute approximate surface area is 105 Å². The highest BCUT2D eigenvalue weighted by atomic mass is 35.5. The third-order valence-electron chi connectivity index (χ3n) is 2.44. The van der Waals surface area contributed by atoms with E-state index < -0.39 is 0 Å². The van der Waals surface area contributed by atoms with Crippen molar-refractivity contribution in [3.8, 4) is 0 Å². The molecule has 0 saturated carbocycles. The zero-order valence-electron chi connectivity index (χ0n) is 9.19. The first-order valence-corrected chi connectivity index (χ1v) is 6.67. The van der Waals surface area contributed by atoms with Crippen LogP contribution in [0.4, 0.5) is 0 Å². The molecule has 2 rings (SSSR count). The zero-order chi connectivity index (χ0) is 11.4. The van der Waals surface area contributed by atoms with Gasteiger partial charge in [-0.15, -0.1) is 22.9 Å². The molecule has 1 unspecified atom stereocenters. The number of thiazole rings is 1. The van der Waals surface area contributed by atoms with Crippen molar-refractivity contribution in [3.63, 3.8) is 0 Å². The minimum absolute atomic E-state index is 0.0883. The van der Waals surface area contributed by atoms with Gasteiger partial charge in [0.2, 0.25) is 0 Å². The number of alkyl halides is 1. The lowest BCUT2D eigenvalue weighted by atomic mass is 10.1. The molecule has 1 aromatic heterocycles. The number of hydrogen-bond acceptors (Lipinski definition) is 2. The lowest BCUT2D eigenvalue weighted by Crippen LogP contribution is -1.93. The maximum atomic E-state index is 6.34. The van der Waals surface area contributed by atoms with Crippen LogP contribution in [0.5, 0.6) is 0 Å². The Morgan fingerprint density at radius 1 is 1.31 bits per heavy atom. The molecule has 0 fully saturated rings. The molecule has 0 aliphatic rings. The summed E-state index contributed by atoms with van der Waals surface area (Å²) in [6, 6.07) is 10.2. The molecule has 3 heteroatoms. The molecule has 0 N–H and O–H groups in total. The van der Waals surface area contributed by atoms with Crippen molar-refractivity contribution in [3.05, 3.63) is 52.0 Å². The quantitative estimate of drug-likeness (QED) is 0.736. The zero-order valence-corrected chi connectivity index (χ0v) is 10.8. The van der Waals surface area contributed by atoms with Crippen LogP contribution < -0.4 is 0 Å². The van der Waals surface area contributed by atoms with Crippen LogP contribution in [0.3, 0.4) is 0 Å². The Hall–Kier alpha value is -0.860. The van der Waals surface area contributed by atoms with Gasteiger partial charge >= 0.3 is 0 Å². The second-order valence-electron chi connectivity index (χ2n) is 3.80. The van der Waals surface area contributed by atoms with Crippen LogP contribution >= 0.6 is 22.9 Å². The first kappa shape index (κ1) is 11.6. The minimum Gasteiger partial charge on any atom is -0.247 e. The van der Waals surface area contributed by atoms with Gasteiger partial charge in [0.25, 0.3) is 0 Å². The second-order valence-corrected chi connectivity index (χ2v) is 5.27. The third kappa shape index (κ3) is 3.06. The molecule has 0 amide bonds. The summed E-state index contributed by atoms with van der Waals surface area (Å²) in [6.45, 7) is 2.02. The lowest BCUT2D eigenvalue weighted by Gasteiger charge is -2.07.